The zero-order chi connectivity index (χ0) is 13.2. The fourth-order valence-corrected chi connectivity index (χ4v) is 1.76. The number of rotatable bonds is 9. The summed E-state index contributed by atoms with van der Waals surface area (Å²) in [7, 11) is 1.69. The van der Waals surface area contributed by atoms with Crippen LogP contribution in [-0.4, -0.2) is 26.8 Å². The Morgan fingerprint density at radius 3 is 2.61 bits per heavy atom. The fraction of sp³-hybridized carbons (Fsp3) is 0.600. The third-order valence-electron chi connectivity index (χ3n) is 2.89. The molecular formula is C15H25NO2. The van der Waals surface area contributed by atoms with Crippen molar-refractivity contribution in [3.63, 3.8) is 0 Å². The Labute approximate surface area is 110 Å². The highest BCUT2D eigenvalue weighted by Gasteiger charge is 2.04. The van der Waals surface area contributed by atoms with Crippen LogP contribution in [-0.2, 0) is 6.42 Å². The quantitative estimate of drug-likeness (QED) is 0.684. The molecule has 0 saturated heterocycles. The minimum absolute atomic E-state index is 0.743. The number of benzene rings is 1. The summed E-state index contributed by atoms with van der Waals surface area (Å²) in [5.41, 5.74) is 1.27. The number of aryl methyl sites for hydroxylation is 1. The van der Waals surface area contributed by atoms with Gasteiger partial charge in [-0.2, -0.15) is 0 Å². The summed E-state index contributed by atoms with van der Waals surface area (Å²) in [5.74, 6) is 1.68. The molecule has 0 saturated carbocycles. The average Bonchev–Trinajstić information content (AvgIpc) is 2.42. The van der Waals surface area contributed by atoms with Gasteiger partial charge in [0, 0.05) is 0 Å². The van der Waals surface area contributed by atoms with Gasteiger partial charge in [-0.05, 0) is 50.0 Å². The van der Waals surface area contributed by atoms with Crippen LogP contribution >= 0.6 is 0 Å². The second kappa shape index (κ2) is 8.81. The monoisotopic (exact) mass is 251 g/mol. The van der Waals surface area contributed by atoms with Crippen LogP contribution in [0.2, 0.25) is 0 Å². The Kier molecular flexibility index (Phi) is 7.26. The molecule has 0 unspecified atom stereocenters. The van der Waals surface area contributed by atoms with Gasteiger partial charge in [-0.25, -0.2) is 0 Å². The van der Waals surface area contributed by atoms with Gasteiger partial charge in [0.15, 0.2) is 11.5 Å². The van der Waals surface area contributed by atoms with Crippen LogP contribution in [0.1, 0.15) is 32.3 Å². The Balaban J connectivity index is 2.37. The van der Waals surface area contributed by atoms with Gasteiger partial charge in [-0.15, -0.1) is 0 Å². The number of unbranched alkanes of at least 4 members (excludes halogenated alkanes) is 1. The Morgan fingerprint density at radius 1 is 1.11 bits per heavy atom. The van der Waals surface area contributed by atoms with Crippen molar-refractivity contribution in [1.29, 1.82) is 0 Å². The summed E-state index contributed by atoms with van der Waals surface area (Å²) in [5, 5.41) is 3.30. The molecule has 18 heavy (non-hydrogen) atoms. The van der Waals surface area contributed by atoms with Gasteiger partial charge in [-0.3, -0.25) is 0 Å². The Morgan fingerprint density at radius 2 is 1.94 bits per heavy atom. The van der Waals surface area contributed by atoms with Crippen LogP contribution in [0.15, 0.2) is 18.2 Å². The van der Waals surface area contributed by atoms with E-state index in [1.54, 1.807) is 7.11 Å². The van der Waals surface area contributed by atoms with E-state index in [0.29, 0.717) is 0 Å². The lowest BCUT2D eigenvalue weighted by atomic mass is 10.1. The number of methoxy groups -OCH3 is 1. The van der Waals surface area contributed by atoms with Crippen LogP contribution in [0.25, 0.3) is 0 Å². The SMILES string of the molecule is CCNCCCCOc1ccc(CC)cc1OC. The van der Waals surface area contributed by atoms with E-state index >= 15 is 0 Å². The van der Waals surface area contributed by atoms with Crippen molar-refractivity contribution in [2.45, 2.75) is 33.1 Å². The normalized spacial score (nSPS) is 10.4. The van der Waals surface area contributed by atoms with E-state index in [1.165, 1.54) is 5.56 Å². The molecule has 0 aliphatic carbocycles. The highest BCUT2D eigenvalue weighted by atomic mass is 16.5. The molecule has 102 valence electrons. The van der Waals surface area contributed by atoms with Crippen molar-refractivity contribution < 1.29 is 9.47 Å². The summed E-state index contributed by atoms with van der Waals surface area (Å²) in [6.45, 7) is 7.10. The summed E-state index contributed by atoms with van der Waals surface area (Å²) in [6.07, 6.45) is 3.22. The minimum Gasteiger partial charge on any atom is -0.493 e. The number of ether oxygens (including phenoxy) is 2. The molecule has 0 aliphatic rings. The van der Waals surface area contributed by atoms with Gasteiger partial charge in [0.1, 0.15) is 0 Å². The van der Waals surface area contributed by atoms with Gasteiger partial charge in [0.2, 0.25) is 0 Å². The molecule has 0 amide bonds. The molecule has 0 spiro atoms. The zero-order valence-corrected chi connectivity index (χ0v) is 11.8. The van der Waals surface area contributed by atoms with E-state index in [2.05, 4.69) is 25.2 Å². The molecule has 0 aliphatic heterocycles. The Bertz CT molecular complexity index is 339. The second-order valence-corrected chi connectivity index (χ2v) is 4.25. The topological polar surface area (TPSA) is 30.5 Å². The van der Waals surface area contributed by atoms with E-state index in [4.69, 9.17) is 9.47 Å². The molecule has 1 aromatic carbocycles. The number of nitrogens with one attached hydrogen (secondary N) is 1. The van der Waals surface area contributed by atoms with E-state index in [1.807, 2.05) is 12.1 Å². The smallest absolute Gasteiger partial charge is 0.161 e. The molecule has 3 heteroatoms. The standard InChI is InChI=1S/C15H25NO2/c1-4-13-8-9-14(15(12-13)17-3)18-11-7-6-10-16-5-2/h8-9,12,16H,4-7,10-11H2,1-3H3. The predicted octanol–water partition coefficient (Wildman–Crippen LogP) is 3.03. The lowest BCUT2D eigenvalue weighted by molar-refractivity contribution is 0.285. The lowest BCUT2D eigenvalue weighted by Gasteiger charge is -2.11. The highest BCUT2D eigenvalue weighted by molar-refractivity contribution is 5.42. The molecule has 3 nitrogen and oxygen atoms in total. The molecule has 0 heterocycles. The van der Waals surface area contributed by atoms with Crippen molar-refractivity contribution in [2.24, 2.45) is 0 Å². The fourth-order valence-electron chi connectivity index (χ4n) is 1.76. The molecule has 1 aromatic rings. The largest absolute Gasteiger partial charge is 0.493 e. The van der Waals surface area contributed by atoms with E-state index in [9.17, 15) is 0 Å². The third-order valence-corrected chi connectivity index (χ3v) is 2.89. The molecule has 0 radical (unpaired) electrons. The number of hydrogen-bond acceptors (Lipinski definition) is 3. The van der Waals surface area contributed by atoms with Crippen LogP contribution in [0, 0.1) is 0 Å². The first kappa shape index (κ1) is 14.8. The molecule has 1 N–H and O–H groups in total. The highest BCUT2D eigenvalue weighted by Crippen LogP contribution is 2.28. The van der Waals surface area contributed by atoms with E-state index < -0.39 is 0 Å². The molecule has 0 aromatic heterocycles. The first-order chi connectivity index (χ1) is 8.81. The molecule has 0 atom stereocenters. The van der Waals surface area contributed by atoms with Crippen molar-refractivity contribution in [3.8, 4) is 11.5 Å². The molecular weight excluding hydrogens is 226 g/mol. The van der Waals surface area contributed by atoms with Gasteiger partial charge in [-0.1, -0.05) is 19.9 Å². The summed E-state index contributed by atoms with van der Waals surface area (Å²) < 4.78 is 11.1. The summed E-state index contributed by atoms with van der Waals surface area (Å²) in [4.78, 5) is 0. The second-order valence-electron chi connectivity index (χ2n) is 4.25. The summed E-state index contributed by atoms with van der Waals surface area (Å²) in [6, 6.07) is 6.15. The molecule has 1 rings (SSSR count). The van der Waals surface area contributed by atoms with Crippen molar-refractivity contribution in [2.75, 3.05) is 26.8 Å². The number of hydrogen-bond donors (Lipinski definition) is 1. The van der Waals surface area contributed by atoms with Gasteiger partial charge in [0.05, 0.1) is 13.7 Å². The average molecular weight is 251 g/mol. The maximum absolute atomic E-state index is 5.75. The van der Waals surface area contributed by atoms with E-state index in [-0.39, 0.29) is 0 Å². The van der Waals surface area contributed by atoms with Gasteiger partial charge in [0.25, 0.3) is 0 Å². The molecule has 0 fully saturated rings. The third kappa shape index (κ3) is 4.96. The van der Waals surface area contributed by atoms with Crippen LogP contribution in [0.5, 0.6) is 11.5 Å². The maximum Gasteiger partial charge on any atom is 0.161 e. The van der Waals surface area contributed by atoms with Gasteiger partial charge < -0.3 is 14.8 Å². The van der Waals surface area contributed by atoms with Crippen molar-refractivity contribution >= 4 is 0 Å². The Hall–Kier alpha value is -1.22. The van der Waals surface area contributed by atoms with E-state index in [0.717, 1.165) is 50.5 Å². The first-order valence-corrected chi connectivity index (χ1v) is 6.82. The van der Waals surface area contributed by atoms with Crippen LogP contribution < -0.4 is 14.8 Å². The minimum atomic E-state index is 0.743. The van der Waals surface area contributed by atoms with Crippen LogP contribution in [0.3, 0.4) is 0 Å². The lowest BCUT2D eigenvalue weighted by Crippen LogP contribution is -2.14. The summed E-state index contributed by atoms with van der Waals surface area (Å²) >= 11 is 0. The molecule has 0 bridgehead atoms. The van der Waals surface area contributed by atoms with Crippen molar-refractivity contribution in [3.05, 3.63) is 23.8 Å². The van der Waals surface area contributed by atoms with Crippen LogP contribution in [0.4, 0.5) is 0 Å². The zero-order valence-electron chi connectivity index (χ0n) is 11.8. The van der Waals surface area contributed by atoms with Crippen molar-refractivity contribution in [1.82, 2.24) is 5.32 Å². The maximum atomic E-state index is 5.75. The first-order valence-electron chi connectivity index (χ1n) is 6.82. The predicted molar refractivity (Wildman–Crippen MR) is 75.6 cm³/mol. The van der Waals surface area contributed by atoms with Gasteiger partial charge >= 0.3 is 0 Å².